The molecule has 112 valence electrons. The van der Waals surface area contributed by atoms with Crippen LogP contribution in [0.15, 0.2) is 18.2 Å². The van der Waals surface area contributed by atoms with Crippen molar-refractivity contribution in [1.82, 2.24) is 5.32 Å². The lowest BCUT2D eigenvalue weighted by molar-refractivity contribution is -0.119. The van der Waals surface area contributed by atoms with Crippen LogP contribution in [0.3, 0.4) is 0 Å². The molecular formula is C17H28N2O. The molecule has 0 aliphatic heterocycles. The summed E-state index contributed by atoms with van der Waals surface area (Å²) in [7, 11) is 0. The molecule has 0 bridgehead atoms. The maximum absolute atomic E-state index is 11.8. The van der Waals surface area contributed by atoms with E-state index in [1.54, 1.807) is 0 Å². The van der Waals surface area contributed by atoms with Crippen LogP contribution in [0, 0.1) is 0 Å². The number of amides is 1. The number of hydrogen-bond donors (Lipinski definition) is 2. The quantitative estimate of drug-likeness (QED) is 0.828. The first-order chi connectivity index (χ1) is 9.32. The first-order valence-electron chi connectivity index (χ1n) is 7.49. The summed E-state index contributed by atoms with van der Waals surface area (Å²) in [5, 5.41) is 6.25. The molecule has 0 saturated heterocycles. The van der Waals surface area contributed by atoms with Gasteiger partial charge in [-0.3, -0.25) is 4.79 Å². The molecule has 3 heteroatoms. The van der Waals surface area contributed by atoms with Crippen LogP contribution in [-0.4, -0.2) is 18.5 Å². The van der Waals surface area contributed by atoms with Crippen molar-refractivity contribution in [2.24, 2.45) is 0 Å². The zero-order valence-corrected chi connectivity index (χ0v) is 13.6. The van der Waals surface area contributed by atoms with Gasteiger partial charge in [-0.15, -0.1) is 0 Å². The molecule has 0 aromatic heterocycles. The van der Waals surface area contributed by atoms with Gasteiger partial charge in [-0.2, -0.15) is 0 Å². The van der Waals surface area contributed by atoms with Crippen LogP contribution in [0.1, 0.15) is 64.5 Å². The van der Waals surface area contributed by atoms with Gasteiger partial charge in [0.25, 0.3) is 0 Å². The first kappa shape index (κ1) is 16.5. The SMILES string of the molecule is CC(C)NC(=O)CNc1c(C(C)C)cccc1C(C)C. The Morgan fingerprint density at radius 3 is 1.90 bits per heavy atom. The molecule has 1 amide bonds. The van der Waals surface area contributed by atoms with Crippen molar-refractivity contribution in [1.29, 1.82) is 0 Å². The first-order valence-corrected chi connectivity index (χ1v) is 7.49. The highest BCUT2D eigenvalue weighted by molar-refractivity contribution is 5.81. The molecule has 0 atom stereocenters. The predicted molar refractivity (Wildman–Crippen MR) is 86.4 cm³/mol. The maximum atomic E-state index is 11.8. The van der Waals surface area contributed by atoms with E-state index in [1.165, 1.54) is 11.1 Å². The Balaban J connectivity index is 2.93. The lowest BCUT2D eigenvalue weighted by atomic mass is 9.92. The Bertz CT molecular complexity index is 424. The van der Waals surface area contributed by atoms with Crippen LogP contribution in [-0.2, 0) is 4.79 Å². The Labute approximate surface area is 123 Å². The van der Waals surface area contributed by atoms with E-state index in [2.05, 4.69) is 56.5 Å². The van der Waals surface area contributed by atoms with Crippen molar-refractivity contribution >= 4 is 11.6 Å². The van der Waals surface area contributed by atoms with E-state index in [1.807, 2.05) is 13.8 Å². The van der Waals surface area contributed by atoms with Gasteiger partial charge in [-0.25, -0.2) is 0 Å². The zero-order chi connectivity index (χ0) is 15.3. The Hall–Kier alpha value is -1.51. The third-order valence-electron chi connectivity index (χ3n) is 3.25. The van der Waals surface area contributed by atoms with Crippen molar-refractivity contribution < 1.29 is 4.79 Å². The predicted octanol–water partition coefficient (Wildman–Crippen LogP) is 3.87. The number of anilines is 1. The summed E-state index contributed by atoms with van der Waals surface area (Å²) in [5.41, 5.74) is 3.67. The van der Waals surface area contributed by atoms with Gasteiger partial charge in [0, 0.05) is 11.7 Å². The van der Waals surface area contributed by atoms with Crippen LogP contribution in [0.5, 0.6) is 0 Å². The summed E-state index contributed by atoms with van der Waals surface area (Å²) in [5.74, 6) is 0.905. The molecule has 0 unspecified atom stereocenters. The van der Waals surface area contributed by atoms with Gasteiger partial charge in [-0.05, 0) is 36.8 Å². The number of benzene rings is 1. The smallest absolute Gasteiger partial charge is 0.239 e. The monoisotopic (exact) mass is 276 g/mol. The highest BCUT2D eigenvalue weighted by Crippen LogP contribution is 2.32. The maximum Gasteiger partial charge on any atom is 0.239 e. The largest absolute Gasteiger partial charge is 0.376 e. The van der Waals surface area contributed by atoms with Crippen molar-refractivity contribution in [3.63, 3.8) is 0 Å². The number of para-hydroxylation sites is 1. The van der Waals surface area contributed by atoms with Crippen LogP contribution >= 0.6 is 0 Å². The van der Waals surface area contributed by atoms with E-state index < -0.39 is 0 Å². The Kier molecular flexibility index (Phi) is 6.05. The van der Waals surface area contributed by atoms with Gasteiger partial charge in [0.15, 0.2) is 0 Å². The van der Waals surface area contributed by atoms with Crippen molar-refractivity contribution in [3.8, 4) is 0 Å². The van der Waals surface area contributed by atoms with Gasteiger partial charge in [0.05, 0.1) is 6.54 Å². The Morgan fingerprint density at radius 2 is 1.50 bits per heavy atom. The van der Waals surface area contributed by atoms with E-state index >= 15 is 0 Å². The standard InChI is InChI=1S/C17H28N2O/c1-11(2)14-8-7-9-15(12(3)4)17(14)18-10-16(20)19-13(5)6/h7-9,11-13,18H,10H2,1-6H3,(H,19,20). The molecule has 2 N–H and O–H groups in total. The average Bonchev–Trinajstić information content (AvgIpc) is 2.34. The molecule has 0 fully saturated rings. The van der Waals surface area contributed by atoms with Crippen LogP contribution in [0.25, 0.3) is 0 Å². The molecule has 20 heavy (non-hydrogen) atoms. The molecule has 3 nitrogen and oxygen atoms in total. The minimum atomic E-state index is 0.0354. The number of hydrogen-bond acceptors (Lipinski definition) is 2. The molecule has 1 rings (SSSR count). The molecule has 0 aliphatic carbocycles. The molecule has 0 heterocycles. The van der Waals surface area contributed by atoms with Gasteiger partial charge in [-0.1, -0.05) is 45.9 Å². The molecule has 0 spiro atoms. The molecular weight excluding hydrogens is 248 g/mol. The molecule has 1 aromatic carbocycles. The fourth-order valence-corrected chi connectivity index (χ4v) is 2.30. The number of nitrogens with one attached hydrogen (secondary N) is 2. The second-order valence-corrected chi connectivity index (χ2v) is 6.20. The molecule has 0 radical (unpaired) electrons. The van der Waals surface area contributed by atoms with E-state index in [0.29, 0.717) is 18.4 Å². The summed E-state index contributed by atoms with van der Waals surface area (Å²) < 4.78 is 0. The average molecular weight is 276 g/mol. The fraction of sp³-hybridized carbons (Fsp3) is 0.588. The van der Waals surface area contributed by atoms with E-state index in [-0.39, 0.29) is 11.9 Å². The highest BCUT2D eigenvalue weighted by Gasteiger charge is 2.14. The summed E-state index contributed by atoms with van der Waals surface area (Å²) in [6.45, 7) is 13.0. The summed E-state index contributed by atoms with van der Waals surface area (Å²) in [6.07, 6.45) is 0. The second-order valence-electron chi connectivity index (χ2n) is 6.20. The van der Waals surface area contributed by atoms with Gasteiger partial charge < -0.3 is 10.6 Å². The lowest BCUT2D eigenvalue weighted by Crippen LogP contribution is -2.35. The number of rotatable bonds is 6. The van der Waals surface area contributed by atoms with Crippen molar-refractivity contribution in [2.45, 2.75) is 59.4 Å². The minimum absolute atomic E-state index is 0.0354. The number of carbonyl (C=O) groups excluding carboxylic acids is 1. The number of carbonyl (C=O) groups is 1. The van der Waals surface area contributed by atoms with E-state index in [4.69, 9.17) is 0 Å². The third-order valence-corrected chi connectivity index (χ3v) is 3.25. The molecule has 1 aromatic rings. The van der Waals surface area contributed by atoms with Crippen molar-refractivity contribution in [3.05, 3.63) is 29.3 Å². The Morgan fingerprint density at radius 1 is 1.00 bits per heavy atom. The lowest BCUT2D eigenvalue weighted by Gasteiger charge is -2.21. The van der Waals surface area contributed by atoms with Gasteiger partial charge in [0.2, 0.25) is 5.91 Å². The van der Waals surface area contributed by atoms with E-state index in [9.17, 15) is 4.79 Å². The summed E-state index contributed by atoms with van der Waals surface area (Å²) in [4.78, 5) is 11.8. The topological polar surface area (TPSA) is 41.1 Å². The van der Waals surface area contributed by atoms with Crippen LogP contribution in [0.2, 0.25) is 0 Å². The summed E-state index contributed by atoms with van der Waals surface area (Å²) in [6, 6.07) is 6.55. The van der Waals surface area contributed by atoms with E-state index in [0.717, 1.165) is 5.69 Å². The highest BCUT2D eigenvalue weighted by atomic mass is 16.1. The molecule has 0 aliphatic rings. The molecule has 0 saturated carbocycles. The van der Waals surface area contributed by atoms with Gasteiger partial charge >= 0.3 is 0 Å². The fourth-order valence-electron chi connectivity index (χ4n) is 2.30. The minimum Gasteiger partial charge on any atom is -0.376 e. The van der Waals surface area contributed by atoms with Crippen molar-refractivity contribution in [2.75, 3.05) is 11.9 Å². The van der Waals surface area contributed by atoms with Crippen LogP contribution < -0.4 is 10.6 Å². The van der Waals surface area contributed by atoms with Crippen LogP contribution in [0.4, 0.5) is 5.69 Å². The normalized spacial score (nSPS) is 11.2. The second kappa shape index (κ2) is 7.32. The summed E-state index contributed by atoms with van der Waals surface area (Å²) >= 11 is 0. The third kappa shape index (κ3) is 4.55. The van der Waals surface area contributed by atoms with Gasteiger partial charge in [0.1, 0.15) is 0 Å². The zero-order valence-electron chi connectivity index (χ0n) is 13.6.